The lowest BCUT2D eigenvalue weighted by Crippen LogP contribution is -2.61. The lowest BCUT2D eigenvalue weighted by Gasteiger charge is -2.45. The molecule has 0 saturated carbocycles. The van der Waals surface area contributed by atoms with Gasteiger partial charge in [-0.3, -0.25) is 9.59 Å². The second-order valence-corrected chi connectivity index (χ2v) is 17.6. The number of fused-ring (bicyclic) bond motifs is 2. The van der Waals surface area contributed by atoms with Crippen LogP contribution in [0.1, 0.15) is 79.1 Å². The van der Waals surface area contributed by atoms with Crippen molar-refractivity contribution in [1.82, 2.24) is 0 Å². The Balaban J connectivity index is 1.86. The van der Waals surface area contributed by atoms with Gasteiger partial charge < -0.3 is 80.9 Å². The number of ether oxygens (including phenoxy) is 4. The quantitative estimate of drug-likeness (QED) is 0.174. The summed E-state index contributed by atoms with van der Waals surface area (Å²) in [6.07, 6.45) is 3.46. The Labute approximate surface area is 381 Å². The third-order valence-corrected chi connectivity index (χ3v) is 12.0. The molecule has 19 atom stereocenters. The van der Waals surface area contributed by atoms with Crippen LogP contribution in [0.4, 0.5) is 0 Å². The van der Waals surface area contributed by atoms with Crippen LogP contribution in [0.25, 0.3) is 0 Å². The fraction of sp³-hybridized carbons (Fsp3) is 0.660. The van der Waals surface area contributed by atoms with Crippen LogP contribution in [0.3, 0.4) is 0 Å². The van der Waals surface area contributed by atoms with Crippen LogP contribution in [0.15, 0.2) is 85.1 Å². The van der Waals surface area contributed by atoms with E-state index in [1.807, 2.05) is 19.1 Å². The standard InChI is InChI=1S/C47H73NO17/c1-27-17-15-13-11-9-7-5-6-8-10-12-14-16-18-34(64-46-44(58)41(48)43(57)30(4)63-46)24-38-40(45(59)60)37(54)26-47(61,65-38)25-33(51)22-36(53)35(52)20-19-31(49)21-32(50)23-39(55)62-29(3)28(2)42(27)56/h5-18,27-38,40-44,46,49-54,56-58,61H,19-26,48H2,1-4H3,(H,59,60)/b6-5+,9-7+,10-8+,13-11-,14-12+,17-15+,18-16+/t27-,28-,29-,30+,31+,32+,33-,34-,35+,36+,37-,38-,40+,41+,42+,43+,44-,46-,47+/m0/s1. The van der Waals surface area contributed by atoms with Crippen molar-refractivity contribution < 1.29 is 84.7 Å². The van der Waals surface area contributed by atoms with Crippen LogP contribution in [0.2, 0.25) is 0 Å². The predicted molar refractivity (Wildman–Crippen MR) is 237 cm³/mol. The Kier molecular flexibility index (Phi) is 23.6. The molecular formula is C47H73NO17. The van der Waals surface area contributed by atoms with Gasteiger partial charge in [-0.05, 0) is 33.1 Å². The Hall–Kier alpha value is -3.44. The number of cyclic esters (lactones) is 1. The number of aliphatic carboxylic acids is 1. The van der Waals surface area contributed by atoms with E-state index in [2.05, 4.69) is 0 Å². The molecule has 0 aliphatic carbocycles. The number of carboxylic acid groups (broad SMARTS) is 1. The molecule has 0 aromatic heterocycles. The minimum atomic E-state index is -2.33. The van der Waals surface area contributed by atoms with Gasteiger partial charge in [-0.15, -0.1) is 0 Å². The molecule has 0 aromatic rings. The maximum absolute atomic E-state index is 12.6. The minimum Gasteiger partial charge on any atom is -0.481 e. The molecule has 13 N–H and O–H groups in total. The average molecular weight is 924 g/mol. The summed E-state index contributed by atoms with van der Waals surface area (Å²) in [5.74, 6) is -6.83. The highest BCUT2D eigenvalue weighted by Crippen LogP contribution is 2.38. The number of nitrogens with two attached hydrogens (primary N) is 1. The van der Waals surface area contributed by atoms with Crippen LogP contribution >= 0.6 is 0 Å². The fourth-order valence-corrected chi connectivity index (χ4v) is 7.97. The monoisotopic (exact) mass is 923 g/mol. The van der Waals surface area contributed by atoms with Crippen LogP contribution in [0.5, 0.6) is 0 Å². The van der Waals surface area contributed by atoms with E-state index in [0.29, 0.717) is 0 Å². The Morgan fingerprint density at radius 1 is 0.662 bits per heavy atom. The zero-order valence-corrected chi connectivity index (χ0v) is 37.6. The highest BCUT2D eigenvalue weighted by atomic mass is 16.7. The number of hydrogen-bond acceptors (Lipinski definition) is 17. The maximum Gasteiger partial charge on any atom is 0.311 e. The lowest BCUT2D eigenvalue weighted by molar-refractivity contribution is -0.308. The number of rotatable bonds is 3. The molecule has 3 aliphatic rings. The molecule has 65 heavy (non-hydrogen) atoms. The van der Waals surface area contributed by atoms with E-state index in [-0.39, 0.29) is 31.6 Å². The number of carbonyl (C=O) groups excluding carboxylic acids is 1. The number of hydrogen-bond donors (Lipinski definition) is 12. The largest absolute Gasteiger partial charge is 0.481 e. The van der Waals surface area contributed by atoms with Gasteiger partial charge in [-0.2, -0.15) is 0 Å². The van der Waals surface area contributed by atoms with Crippen LogP contribution in [-0.2, 0) is 28.5 Å². The van der Waals surface area contributed by atoms with Crippen molar-refractivity contribution in [2.75, 3.05) is 0 Å². The van der Waals surface area contributed by atoms with E-state index in [0.717, 1.165) is 0 Å². The molecule has 2 fully saturated rings. The number of esters is 1. The highest BCUT2D eigenvalue weighted by Gasteiger charge is 2.51. The summed E-state index contributed by atoms with van der Waals surface area (Å²) in [4.78, 5) is 25.1. The molecule has 2 bridgehead atoms. The summed E-state index contributed by atoms with van der Waals surface area (Å²) in [6, 6.07) is -1.15. The first kappa shape index (κ1) is 55.9. The van der Waals surface area contributed by atoms with Gasteiger partial charge in [0.1, 0.15) is 18.1 Å². The summed E-state index contributed by atoms with van der Waals surface area (Å²) in [5, 5.41) is 118. The van der Waals surface area contributed by atoms with Crippen molar-refractivity contribution in [3.05, 3.63) is 85.1 Å². The minimum absolute atomic E-state index is 0.107. The first-order valence-corrected chi connectivity index (χ1v) is 22.3. The molecule has 0 unspecified atom stereocenters. The van der Waals surface area contributed by atoms with Crippen molar-refractivity contribution in [3.63, 3.8) is 0 Å². The van der Waals surface area contributed by atoms with Gasteiger partial charge in [0, 0.05) is 37.5 Å². The molecular weight excluding hydrogens is 851 g/mol. The van der Waals surface area contributed by atoms with Crippen LogP contribution in [0, 0.1) is 17.8 Å². The summed E-state index contributed by atoms with van der Waals surface area (Å²) in [5.41, 5.74) is 6.02. The molecule has 0 aromatic carbocycles. The number of carbonyl (C=O) groups is 2. The number of aliphatic hydroxyl groups is 10. The van der Waals surface area contributed by atoms with E-state index in [1.54, 1.807) is 80.7 Å². The second kappa shape index (κ2) is 27.4. The molecule has 0 spiro atoms. The Morgan fingerprint density at radius 2 is 1.23 bits per heavy atom. The number of aliphatic hydroxyl groups excluding tert-OH is 9. The fourth-order valence-electron chi connectivity index (χ4n) is 7.97. The van der Waals surface area contributed by atoms with E-state index in [9.17, 15) is 65.8 Å². The van der Waals surface area contributed by atoms with Gasteiger partial charge in [-0.1, -0.05) is 98.9 Å². The van der Waals surface area contributed by atoms with Gasteiger partial charge in [0.25, 0.3) is 0 Å². The third kappa shape index (κ3) is 18.6. The molecule has 3 rings (SSSR count). The molecule has 368 valence electrons. The van der Waals surface area contributed by atoms with Crippen molar-refractivity contribution >= 4 is 11.9 Å². The van der Waals surface area contributed by atoms with Gasteiger partial charge >= 0.3 is 11.9 Å². The highest BCUT2D eigenvalue weighted by molar-refractivity contribution is 5.71. The topological polar surface area (TPSA) is 320 Å². The predicted octanol–water partition coefficient (Wildman–Crippen LogP) is 0.712. The lowest BCUT2D eigenvalue weighted by atomic mass is 9.82. The van der Waals surface area contributed by atoms with Gasteiger partial charge in [0.15, 0.2) is 12.1 Å². The second-order valence-electron chi connectivity index (χ2n) is 17.6. The molecule has 0 amide bonds. The first-order chi connectivity index (χ1) is 30.6. The van der Waals surface area contributed by atoms with Crippen molar-refractivity contribution in [2.45, 2.75) is 177 Å². The molecule has 18 nitrogen and oxygen atoms in total. The Morgan fingerprint density at radius 3 is 1.82 bits per heavy atom. The van der Waals surface area contributed by atoms with Crippen molar-refractivity contribution in [3.8, 4) is 0 Å². The summed E-state index contributed by atoms with van der Waals surface area (Å²) >= 11 is 0. The van der Waals surface area contributed by atoms with E-state index >= 15 is 0 Å². The molecule has 2 saturated heterocycles. The number of allylic oxidation sites excluding steroid dienone is 12. The molecule has 3 heterocycles. The zero-order chi connectivity index (χ0) is 48.4. The van der Waals surface area contributed by atoms with Crippen LogP contribution < -0.4 is 5.73 Å². The maximum atomic E-state index is 12.6. The zero-order valence-electron chi connectivity index (χ0n) is 37.6. The summed E-state index contributed by atoms with van der Waals surface area (Å²) in [7, 11) is 0. The Bertz CT molecular complexity index is 1670. The smallest absolute Gasteiger partial charge is 0.311 e. The van der Waals surface area contributed by atoms with Crippen LogP contribution in [-0.4, -0.2) is 166 Å². The van der Waals surface area contributed by atoms with E-state index in [4.69, 9.17) is 24.7 Å². The average Bonchev–Trinajstić information content (AvgIpc) is 3.21. The first-order valence-electron chi connectivity index (χ1n) is 22.3. The van der Waals surface area contributed by atoms with Gasteiger partial charge in [-0.25, -0.2) is 0 Å². The molecule has 3 aliphatic heterocycles. The SMILES string of the molecule is C[C@@H]1[C@H](O)[C@@H](C)/C=C/C=C\C=C\C=C\C=C\C=C\C=C\[C@H](O[C@@H]2O[C@H](C)[C@@H](O)[C@@H](N)[C@@H]2O)C[C@@H]2O[C@](O)(C[C@@H](O)C[C@@H](O)[C@H](O)CC[C@@H](O)C[C@@H](O)CC(=O)O[C@H]1C)C[C@H](O)[C@H]2C(=O)O. The normalized spacial score (nSPS) is 45.5. The van der Waals surface area contributed by atoms with Gasteiger partial charge in [0.2, 0.25) is 0 Å². The molecule has 0 radical (unpaired) electrons. The van der Waals surface area contributed by atoms with Crippen molar-refractivity contribution in [1.29, 1.82) is 0 Å². The van der Waals surface area contributed by atoms with Crippen molar-refractivity contribution in [2.24, 2.45) is 23.5 Å². The van der Waals surface area contributed by atoms with E-state index in [1.165, 1.54) is 13.0 Å². The number of carboxylic acids is 1. The summed E-state index contributed by atoms with van der Waals surface area (Å²) < 4.78 is 23.1. The molecule has 18 heteroatoms. The van der Waals surface area contributed by atoms with Gasteiger partial charge in [0.05, 0.1) is 79.6 Å². The van der Waals surface area contributed by atoms with E-state index < -0.39 is 147 Å². The summed E-state index contributed by atoms with van der Waals surface area (Å²) in [6.45, 7) is 6.74. The third-order valence-electron chi connectivity index (χ3n) is 12.0.